The Morgan fingerprint density at radius 1 is 1.33 bits per heavy atom. The highest BCUT2D eigenvalue weighted by Gasteiger charge is 2.34. The highest BCUT2D eigenvalue weighted by molar-refractivity contribution is 6.52. The first-order chi connectivity index (χ1) is 7.19. The summed E-state index contributed by atoms with van der Waals surface area (Å²) >= 11 is 0. The Balaban J connectivity index is 2.55. The lowest BCUT2D eigenvalue weighted by atomic mass is 10.1. The van der Waals surface area contributed by atoms with E-state index in [1.165, 1.54) is 4.90 Å². The van der Waals surface area contributed by atoms with Gasteiger partial charge in [-0.3, -0.25) is 9.59 Å². The standard InChI is InChI=1S/C11H12N2O2/c1-2-13-9-4-3-7(6-12)5-8(9)10(14)11(13)15/h3-5H,2,6,12H2,1H3. The number of fused-ring (bicyclic) bond motifs is 1. The van der Waals surface area contributed by atoms with E-state index in [0.29, 0.717) is 24.3 Å². The SMILES string of the molecule is CCN1C(=O)C(=O)c2cc(CN)ccc21. The van der Waals surface area contributed by atoms with E-state index in [9.17, 15) is 9.59 Å². The second-order valence-electron chi connectivity index (χ2n) is 3.43. The molecule has 0 aromatic heterocycles. The summed E-state index contributed by atoms with van der Waals surface area (Å²) in [6.45, 7) is 2.73. The van der Waals surface area contributed by atoms with Crippen LogP contribution in [0.15, 0.2) is 18.2 Å². The van der Waals surface area contributed by atoms with Crippen LogP contribution in [0.4, 0.5) is 5.69 Å². The van der Waals surface area contributed by atoms with Gasteiger partial charge in [-0.05, 0) is 24.6 Å². The first-order valence-electron chi connectivity index (χ1n) is 4.88. The predicted octanol–water partition coefficient (Wildman–Crippen LogP) is 0.695. The molecule has 1 aliphatic rings. The van der Waals surface area contributed by atoms with Gasteiger partial charge >= 0.3 is 0 Å². The number of Topliss-reactive ketones (excluding diaryl/α,β-unsaturated/α-hetero) is 1. The van der Waals surface area contributed by atoms with E-state index < -0.39 is 11.7 Å². The van der Waals surface area contributed by atoms with Gasteiger partial charge < -0.3 is 10.6 Å². The van der Waals surface area contributed by atoms with Crippen LogP contribution in [0.1, 0.15) is 22.8 Å². The van der Waals surface area contributed by atoms with Crippen molar-refractivity contribution in [1.82, 2.24) is 0 Å². The summed E-state index contributed by atoms with van der Waals surface area (Å²) in [5, 5.41) is 0. The Kier molecular flexibility index (Phi) is 2.28. The minimum absolute atomic E-state index is 0.376. The number of nitrogens with two attached hydrogens (primary N) is 1. The number of rotatable bonds is 2. The fourth-order valence-electron chi connectivity index (χ4n) is 1.79. The number of amides is 1. The van der Waals surface area contributed by atoms with E-state index >= 15 is 0 Å². The minimum Gasteiger partial charge on any atom is -0.326 e. The van der Waals surface area contributed by atoms with Crippen LogP contribution in [-0.4, -0.2) is 18.2 Å². The van der Waals surface area contributed by atoms with Crippen molar-refractivity contribution in [2.45, 2.75) is 13.5 Å². The maximum Gasteiger partial charge on any atom is 0.299 e. The lowest BCUT2D eigenvalue weighted by Crippen LogP contribution is -2.29. The maximum absolute atomic E-state index is 11.6. The lowest BCUT2D eigenvalue weighted by molar-refractivity contribution is -0.114. The summed E-state index contributed by atoms with van der Waals surface area (Å²) in [5.41, 5.74) is 7.53. The van der Waals surface area contributed by atoms with Crippen molar-refractivity contribution < 1.29 is 9.59 Å². The Labute approximate surface area is 87.7 Å². The molecule has 4 heteroatoms. The van der Waals surface area contributed by atoms with Gasteiger partial charge in [0.05, 0.1) is 11.3 Å². The fourth-order valence-corrected chi connectivity index (χ4v) is 1.79. The van der Waals surface area contributed by atoms with Crippen LogP contribution in [-0.2, 0) is 11.3 Å². The molecule has 0 radical (unpaired) electrons. The minimum atomic E-state index is -0.443. The van der Waals surface area contributed by atoms with Gasteiger partial charge in [-0.25, -0.2) is 0 Å². The lowest BCUT2D eigenvalue weighted by Gasteiger charge is -2.13. The topological polar surface area (TPSA) is 63.4 Å². The number of ketones is 1. The van der Waals surface area contributed by atoms with E-state index in [1.54, 1.807) is 12.1 Å². The second-order valence-corrected chi connectivity index (χ2v) is 3.43. The third-order valence-electron chi connectivity index (χ3n) is 2.59. The molecule has 4 nitrogen and oxygen atoms in total. The molecule has 1 heterocycles. The predicted molar refractivity (Wildman–Crippen MR) is 56.7 cm³/mol. The highest BCUT2D eigenvalue weighted by atomic mass is 16.2. The van der Waals surface area contributed by atoms with E-state index in [0.717, 1.165) is 5.56 Å². The van der Waals surface area contributed by atoms with Crippen molar-refractivity contribution in [3.8, 4) is 0 Å². The molecule has 1 aromatic rings. The van der Waals surface area contributed by atoms with Crippen LogP contribution in [0.5, 0.6) is 0 Å². The summed E-state index contributed by atoms with van der Waals surface area (Å²) in [7, 11) is 0. The molecule has 1 aromatic carbocycles. The average Bonchev–Trinajstić information content (AvgIpc) is 2.51. The van der Waals surface area contributed by atoms with E-state index in [4.69, 9.17) is 5.73 Å². The zero-order valence-electron chi connectivity index (χ0n) is 8.49. The number of hydrogen-bond donors (Lipinski definition) is 1. The van der Waals surface area contributed by atoms with Crippen LogP contribution in [0.2, 0.25) is 0 Å². The molecule has 0 atom stereocenters. The van der Waals surface area contributed by atoms with Crippen LogP contribution < -0.4 is 10.6 Å². The van der Waals surface area contributed by atoms with E-state index in [-0.39, 0.29) is 0 Å². The molecule has 2 N–H and O–H groups in total. The third-order valence-corrected chi connectivity index (χ3v) is 2.59. The van der Waals surface area contributed by atoms with Crippen LogP contribution >= 0.6 is 0 Å². The van der Waals surface area contributed by atoms with Crippen molar-refractivity contribution in [3.63, 3.8) is 0 Å². The molecule has 0 fully saturated rings. The van der Waals surface area contributed by atoms with E-state index in [1.807, 2.05) is 13.0 Å². The molecule has 15 heavy (non-hydrogen) atoms. The monoisotopic (exact) mass is 204 g/mol. The molecular weight excluding hydrogens is 192 g/mol. The number of likely N-dealkylation sites (N-methyl/N-ethyl adjacent to an activating group) is 1. The summed E-state index contributed by atoms with van der Waals surface area (Å²) in [6.07, 6.45) is 0. The van der Waals surface area contributed by atoms with E-state index in [2.05, 4.69) is 0 Å². The van der Waals surface area contributed by atoms with Crippen molar-refractivity contribution in [1.29, 1.82) is 0 Å². The van der Waals surface area contributed by atoms with Crippen molar-refractivity contribution in [3.05, 3.63) is 29.3 Å². The Morgan fingerprint density at radius 2 is 2.07 bits per heavy atom. The van der Waals surface area contributed by atoms with Crippen LogP contribution in [0, 0.1) is 0 Å². The Morgan fingerprint density at radius 3 is 2.67 bits per heavy atom. The van der Waals surface area contributed by atoms with Crippen molar-refractivity contribution >= 4 is 17.4 Å². The first-order valence-corrected chi connectivity index (χ1v) is 4.88. The summed E-state index contributed by atoms with van der Waals surface area (Å²) in [5.74, 6) is -0.871. The number of carbonyl (C=O) groups is 2. The zero-order chi connectivity index (χ0) is 11.0. The molecule has 2 rings (SSSR count). The normalized spacial score (nSPS) is 14.7. The first kappa shape index (κ1) is 9.86. The highest BCUT2D eigenvalue weighted by Crippen LogP contribution is 2.29. The van der Waals surface area contributed by atoms with Gasteiger partial charge in [-0.2, -0.15) is 0 Å². The third kappa shape index (κ3) is 1.34. The fraction of sp³-hybridized carbons (Fsp3) is 0.273. The van der Waals surface area contributed by atoms with Gasteiger partial charge in [0.2, 0.25) is 0 Å². The Hall–Kier alpha value is -1.68. The zero-order valence-corrected chi connectivity index (χ0v) is 8.49. The maximum atomic E-state index is 11.6. The van der Waals surface area contributed by atoms with Crippen molar-refractivity contribution in [2.24, 2.45) is 5.73 Å². The van der Waals surface area contributed by atoms with Gasteiger partial charge in [0.25, 0.3) is 11.7 Å². The number of benzene rings is 1. The quantitative estimate of drug-likeness (QED) is 0.721. The molecule has 0 saturated heterocycles. The van der Waals surface area contributed by atoms with Crippen molar-refractivity contribution in [2.75, 3.05) is 11.4 Å². The smallest absolute Gasteiger partial charge is 0.299 e. The average molecular weight is 204 g/mol. The molecule has 0 unspecified atom stereocenters. The molecule has 0 saturated carbocycles. The number of nitrogens with zero attached hydrogens (tertiary/aromatic N) is 1. The summed E-state index contributed by atoms with van der Waals surface area (Å²) in [6, 6.07) is 5.32. The number of hydrogen-bond acceptors (Lipinski definition) is 3. The molecule has 0 bridgehead atoms. The Bertz CT molecular complexity index is 440. The molecule has 78 valence electrons. The molecule has 1 amide bonds. The summed E-state index contributed by atoms with van der Waals surface area (Å²) < 4.78 is 0. The van der Waals surface area contributed by atoms with Gasteiger partial charge in [0, 0.05) is 13.1 Å². The molecule has 1 aliphatic heterocycles. The molecule has 0 spiro atoms. The molecule has 0 aliphatic carbocycles. The molecular formula is C11H12N2O2. The van der Waals surface area contributed by atoms with Gasteiger partial charge in [-0.15, -0.1) is 0 Å². The van der Waals surface area contributed by atoms with Gasteiger partial charge in [-0.1, -0.05) is 6.07 Å². The summed E-state index contributed by atoms with van der Waals surface area (Å²) in [4.78, 5) is 24.6. The number of carbonyl (C=O) groups excluding carboxylic acids is 2. The van der Waals surface area contributed by atoms with Gasteiger partial charge in [0.1, 0.15) is 0 Å². The largest absolute Gasteiger partial charge is 0.326 e. The second kappa shape index (κ2) is 3.47. The van der Waals surface area contributed by atoms with Crippen LogP contribution in [0.3, 0.4) is 0 Å². The van der Waals surface area contributed by atoms with Gasteiger partial charge in [0.15, 0.2) is 0 Å². The van der Waals surface area contributed by atoms with Crippen LogP contribution in [0.25, 0.3) is 0 Å². The number of anilines is 1.